The quantitative estimate of drug-likeness (QED) is 0.834. The lowest BCUT2D eigenvalue weighted by Gasteiger charge is -2.02. The Kier molecular flexibility index (Phi) is 4.04. The van der Waals surface area contributed by atoms with Crippen molar-refractivity contribution in [2.45, 2.75) is 6.92 Å². The van der Waals surface area contributed by atoms with Crippen LogP contribution in [0.25, 0.3) is 6.08 Å². The third kappa shape index (κ3) is 3.49. The molecular weight excluding hydrogens is 244 g/mol. The third-order valence-electron chi connectivity index (χ3n) is 2.63. The fraction of sp³-hybridized carbons (Fsp3) is 0.286. The second-order valence-electron chi connectivity index (χ2n) is 4.22. The van der Waals surface area contributed by atoms with Gasteiger partial charge in [0.1, 0.15) is 0 Å². The summed E-state index contributed by atoms with van der Waals surface area (Å²) in [6.45, 7) is 2.33. The Morgan fingerprint density at radius 1 is 1.53 bits per heavy atom. The van der Waals surface area contributed by atoms with E-state index in [2.05, 4.69) is 11.4 Å². The summed E-state index contributed by atoms with van der Waals surface area (Å²) in [7, 11) is 0. The summed E-state index contributed by atoms with van der Waals surface area (Å²) >= 11 is 0. The summed E-state index contributed by atoms with van der Waals surface area (Å²) < 4.78 is 10.4. The van der Waals surface area contributed by atoms with E-state index < -0.39 is 0 Å². The number of benzene rings is 1. The molecule has 1 aliphatic rings. The van der Waals surface area contributed by atoms with Crippen molar-refractivity contribution in [2.24, 2.45) is 5.92 Å². The van der Waals surface area contributed by atoms with Gasteiger partial charge in [-0.3, -0.25) is 4.79 Å². The largest absolute Gasteiger partial charge is 0.454 e. The molecule has 0 saturated carbocycles. The first-order chi connectivity index (χ1) is 9.19. The van der Waals surface area contributed by atoms with Gasteiger partial charge in [-0.05, 0) is 30.7 Å². The van der Waals surface area contributed by atoms with E-state index in [-0.39, 0.29) is 18.6 Å². The lowest BCUT2D eigenvalue weighted by Crippen LogP contribution is -2.25. The molecule has 0 saturated heterocycles. The SMILES string of the molecule is CC(C#N)CNC(=O)C=Cc1ccc2c(c1)OCO2. The van der Waals surface area contributed by atoms with Gasteiger partial charge in [0.05, 0.1) is 12.0 Å². The number of nitrogens with zero attached hydrogens (tertiary/aromatic N) is 1. The molecule has 0 fully saturated rings. The highest BCUT2D eigenvalue weighted by atomic mass is 16.7. The second kappa shape index (κ2) is 5.91. The minimum Gasteiger partial charge on any atom is -0.454 e. The van der Waals surface area contributed by atoms with Crippen LogP contribution in [0.5, 0.6) is 11.5 Å². The molecule has 0 aromatic heterocycles. The standard InChI is InChI=1S/C14H14N2O3/c1-10(7-15)8-16-14(17)5-3-11-2-4-12-13(6-11)19-9-18-12/h2-6,10H,8-9H2,1H3,(H,16,17). The zero-order valence-electron chi connectivity index (χ0n) is 10.6. The Labute approximate surface area is 111 Å². The summed E-state index contributed by atoms with van der Waals surface area (Å²) in [5, 5.41) is 11.3. The maximum absolute atomic E-state index is 11.5. The average Bonchev–Trinajstić information content (AvgIpc) is 2.89. The first-order valence-electron chi connectivity index (χ1n) is 5.94. The van der Waals surface area contributed by atoms with Gasteiger partial charge < -0.3 is 14.8 Å². The summed E-state index contributed by atoms with van der Waals surface area (Å²) in [5.74, 6) is 0.979. The van der Waals surface area contributed by atoms with Crippen LogP contribution in [0.4, 0.5) is 0 Å². The minimum absolute atomic E-state index is 0.192. The average molecular weight is 258 g/mol. The fourth-order valence-electron chi connectivity index (χ4n) is 1.55. The van der Waals surface area contributed by atoms with E-state index in [1.165, 1.54) is 6.08 Å². The molecule has 0 spiro atoms. The normalized spacial score (nSPS) is 14.1. The van der Waals surface area contributed by atoms with Crippen molar-refractivity contribution in [2.75, 3.05) is 13.3 Å². The van der Waals surface area contributed by atoms with Crippen molar-refractivity contribution in [3.8, 4) is 17.6 Å². The topological polar surface area (TPSA) is 71.4 Å². The van der Waals surface area contributed by atoms with Crippen molar-refractivity contribution in [1.82, 2.24) is 5.32 Å². The number of fused-ring (bicyclic) bond motifs is 1. The predicted molar refractivity (Wildman–Crippen MR) is 69.4 cm³/mol. The number of hydrogen-bond acceptors (Lipinski definition) is 4. The van der Waals surface area contributed by atoms with E-state index in [0.717, 1.165) is 5.56 Å². The van der Waals surface area contributed by atoms with Crippen molar-refractivity contribution in [1.29, 1.82) is 5.26 Å². The number of nitriles is 1. The van der Waals surface area contributed by atoms with E-state index in [1.54, 1.807) is 19.1 Å². The zero-order chi connectivity index (χ0) is 13.7. The van der Waals surface area contributed by atoms with Gasteiger partial charge >= 0.3 is 0 Å². The predicted octanol–water partition coefficient (Wildman–Crippen LogP) is 1.70. The van der Waals surface area contributed by atoms with Gasteiger partial charge in [0.25, 0.3) is 0 Å². The van der Waals surface area contributed by atoms with Crippen LogP contribution in [-0.2, 0) is 4.79 Å². The number of rotatable bonds is 4. The first-order valence-corrected chi connectivity index (χ1v) is 5.94. The molecule has 5 nitrogen and oxygen atoms in total. The van der Waals surface area contributed by atoms with E-state index in [9.17, 15) is 4.79 Å². The Morgan fingerprint density at radius 3 is 3.11 bits per heavy atom. The van der Waals surface area contributed by atoms with Crippen LogP contribution in [-0.4, -0.2) is 19.2 Å². The lowest BCUT2D eigenvalue weighted by atomic mass is 10.2. The van der Waals surface area contributed by atoms with Gasteiger partial charge in [-0.1, -0.05) is 6.07 Å². The summed E-state index contributed by atoms with van der Waals surface area (Å²) in [6.07, 6.45) is 3.12. The molecule has 0 bridgehead atoms. The highest BCUT2D eigenvalue weighted by Gasteiger charge is 2.12. The van der Waals surface area contributed by atoms with Crippen LogP contribution in [0.2, 0.25) is 0 Å². The molecule has 1 aromatic rings. The Hall–Kier alpha value is -2.48. The smallest absolute Gasteiger partial charge is 0.244 e. The lowest BCUT2D eigenvalue weighted by molar-refractivity contribution is -0.116. The number of carbonyl (C=O) groups excluding carboxylic acids is 1. The summed E-state index contributed by atoms with van der Waals surface area (Å²) in [6, 6.07) is 7.51. The van der Waals surface area contributed by atoms with Gasteiger partial charge in [0, 0.05) is 12.6 Å². The molecule has 1 unspecified atom stereocenters. The number of carbonyl (C=O) groups is 1. The minimum atomic E-state index is -0.222. The highest BCUT2D eigenvalue weighted by molar-refractivity contribution is 5.91. The summed E-state index contributed by atoms with van der Waals surface area (Å²) in [4.78, 5) is 11.5. The number of amides is 1. The van der Waals surface area contributed by atoms with E-state index in [4.69, 9.17) is 14.7 Å². The van der Waals surface area contributed by atoms with Gasteiger partial charge in [-0.2, -0.15) is 5.26 Å². The monoisotopic (exact) mass is 258 g/mol. The Morgan fingerprint density at radius 2 is 2.32 bits per heavy atom. The van der Waals surface area contributed by atoms with Gasteiger partial charge in [-0.15, -0.1) is 0 Å². The van der Waals surface area contributed by atoms with Crippen LogP contribution in [0.1, 0.15) is 12.5 Å². The van der Waals surface area contributed by atoms with Crippen molar-refractivity contribution in [3.05, 3.63) is 29.8 Å². The number of ether oxygens (including phenoxy) is 2. The summed E-state index contributed by atoms with van der Waals surface area (Å²) in [5.41, 5.74) is 0.854. The molecule has 1 atom stereocenters. The van der Waals surface area contributed by atoms with E-state index >= 15 is 0 Å². The third-order valence-corrected chi connectivity index (χ3v) is 2.63. The zero-order valence-corrected chi connectivity index (χ0v) is 10.6. The molecule has 0 radical (unpaired) electrons. The molecule has 0 aliphatic carbocycles. The van der Waals surface area contributed by atoms with Gasteiger partial charge in [-0.25, -0.2) is 0 Å². The second-order valence-corrected chi connectivity index (χ2v) is 4.22. The fourth-order valence-corrected chi connectivity index (χ4v) is 1.55. The highest BCUT2D eigenvalue weighted by Crippen LogP contribution is 2.32. The van der Waals surface area contributed by atoms with E-state index in [0.29, 0.717) is 18.0 Å². The van der Waals surface area contributed by atoms with Crippen molar-refractivity contribution >= 4 is 12.0 Å². The Bertz CT molecular complexity index is 546. The molecule has 98 valence electrons. The van der Waals surface area contributed by atoms with Crippen molar-refractivity contribution in [3.63, 3.8) is 0 Å². The molecule has 5 heteroatoms. The van der Waals surface area contributed by atoms with Gasteiger partial charge in [0.15, 0.2) is 11.5 Å². The van der Waals surface area contributed by atoms with Crippen LogP contribution in [0.15, 0.2) is 24.3 Å². The molecule has 2 rings (SSSR count). The Balaban J connectivity index is 1.92. The molecule has 1 aromatic carbocycles. The van der Waals surface area contributed by atoms with Crippen LogP contribution in [0.3, 0.4) is 0 Å². The number of nitrogens with one attached hydrogen (secondary N) is 1. The van der Waals surface area contributed by atoms with Crippen LogP contribution < -0.4 is 14.8 Å². The van der Waals surface area contributed by atoms with Crippen LogP contribution >= 0.6 is 0 Å². The van der Waals surface area contributed by atoms with Crippen LogP contribution in [0, 0.1) is 17.2 Å². The number of hydrogen-bond donors (Lipinski definition) is 1. The molecule has 1 heterocycles. The maximum Gasteiger partial charge on any atom is 0.244 e. The van der Waals surface area contributed by atoms with Gasteiger partial charge in [0.2, 0.25) is 12.7 Å². The van der Waals surface area contributed by atoms with E-state index in [1.807, 2.05) is 12.1 Å². The molecule has 1 amide bonds. The van der Waals surface area contributed by atoms with Crippen molar-refractivity contribution < 1.29 is 14.3 Å². The molecule has 1 aliphatic heterocycles. The first kappa shape index (κ1) is 13.0. The molecule has 19 heavy (non-hydrogen) atoms. The maximum atomic E-state index is 11.5. The molecule has 1 N–H and O–H groups in total. The molecular formula is C14H14N2O3.